The summed E-state index contributed by atoms with van der Waals surface area (Å²) in [6.07, 6.45) is 0.413. The highest BCUT2D eigenvalue weighted by Gasteiger charge is 2.18. The lowest BCUT2D eigenvalue weighted by atomic mass is 10.0. The van der Waals surface area contributed by atoms with E-state index in [0.717, 1.165) is 16.7 Å². The maximum atomic E-state index is 12.1. The van der Waals surface area contributed by atoms with Gasteiger partial charge in [0.05, 0.1) is 4.90 Å². The fourth-order valence-corrected chi connectivity index (χ4v) is 4.48. The molecule has 0 saturated heterocycles. The van der Waals surface area contributed by atoms with Crippen molar-refractivity contribution < 1.29 is 8.42 Å². The first-order valence-electron chi connectivity index (χ1n) is 11.3. The molecule has 0 radical (unpaired) electrons. The van der Waals surface area contributed by atoms with E-state index in [4.69, 9.17) is 16.6 Å². The van der Waals surface area contributed by atoms with Crippen molar-refractivity contribution in [2.45, 2.75) is 31.0 Å². The van der Waals surface area contributed by atoms with Crippen LogP contribution in [-0.2, 0) is 36.1 Å². The molecule has 0 aromatic heterocycles. The average molecular weight is 489 g/mol. The van der Waals surface area contributed by atoms with Crippen LogP contribution in [-0.4, -0.2) is 8.42 Å². The Hall–Kier alpha value is -3.49. The van der Waals surface area contributed by atoms with Crippen molar-refractivity contribution in [2.24, 2.45) is 10.9 Å². The Morgan fingerprint density at radius 3 is 1.63 bits per heavy atom. The van der Waals surface area contributed by atoms with Gasteiger partial charge >= 0.3 is 0 Å². The molecule has 4 rings (SSSR count). The summed E-state index contributed by atoms with van der Waals surface area (Å²) in [7, 11) is -3.88. The lowest BCUT2D eigenvalue weighted by Gasteiger charge is -2.14. The average Bonchev–Trinajstić information content (AvgIpc) is 2.87. The Bertz CT molecular complexity index is 1300. The molecule has 0 bridgehead atoms. The molecule has 0 amide bonds. The van der Waals surface area contributed by atoms with Crippen molar-refractivity contribution in [1.82, 2.24) is 5.32 Å². The molecule has 0 aliphatic heterocycles. The van der Waals surface area contributed by atoms with Crippen LogP contribution in [0.3, 0.4) is 0 Å². The molecule has 0 aliphatic carbocycles. The Balaban J connectivity index is 0.000000363. The van der Waals surface area contributed by atoms with E-state index >= 15 is 0 Å². The van der Waals surface area contributed by atoms with Crippen molar-refractivity contribution in [2.75, 3.05) is 5.73 Å². The summed E-state index contributed by atoms with van der Waals surface area (Å²) in [4.78, 5) is 0.0860. The molecule has 7 heteroatoms. The smallest absolute Gasteiger partial charge is 0.238 e. The van der Waals surface area contributed by atoms with Gasteiger partial charge in [-0.1, -0.05) is 91.0 Å². The maximum absolute atomic E-state index is 12.1. The third kappa shape index (κ3) is 8.35. The van der Waals surface area contributed by atoms with Gasteiger partial charge in [0, 0.05) is 31.7 Å². The molecule has 0 atom stereocenters. The second-order valence-electron chi connectivity index (χ2n) is 8.15. The first kappa shape index (κ1) is 26.1. The molecular formula is C28H32N4O2S. The Labute approximate surface area is 207 Å². The number of hydrogen-bond acceptors (Lipinski definition) is 5. The first-order valence-corrected chi connectivity index (χ1v) is 12.9. The summed E-state index contributed by atoms with van der Waals surface area (Å²) < 4.78 is 24.3. The van der Waals surface area contributed by atoms with Crippen molar-refractivity contribution in [1.29, 1.82) is 0 Å². The number of benzene rings is 4. The van der Waals surface area contributed by atoms with E-state index in [-0.39, 0.29) is 4.90 Å². The molecule has 0 spiro atoms. The van der Waals surface area contributed by atoms with Gasteiger partial charge in [0.1, 0.15) is 0 Å². The van der Waals surface area contributed by atoms with Crippen molar-refractivity contribution >= 4 is 15.7 Å². The van der Waals surface area contributed by atoms with E-state index in [1.54, 1.807) is 6.07 Å². The van der Waals surface area contributed by atoms with Crippen LogP contribution < -0.4 is 21.9 Å². The third-order valence-corrected chi connectivity index (χ3v) is 6.39. The van der Waals surface area contributed by atoms with Crippen molar-refractivity contribution in [3.8, 4) is 0 Å². The fraction of sp³-hybridized carbons (Fsp3) is 0.143. The molecule has 4 aromatic rings. The summed E-state index contributed by atoms with van der Waals surface area (Å²) in [6, 6.07) is 33.0. The van der Waals surface area contributed by atoms with Gasteiger partial charge in [-0.05, 0) is 39.9 Å². The molecule has 0 fully saturated rings. The number of rotatable bonds is 8. The van der Waals surface area contributed by atoms with Crippen LogP contribution in [0.5, 0.6) is 0 Å². The van der Waals surface area contributed by atoms with Gasteiger partial charge in [0.15, 0.2) is 0 Å². The van der Waals surface area contributed by atoms with E-state index in [1.165, 1.54) is 5.56 Å². The maximum Gasteiger partial charge on any atom is 0.238 e. The Morgan fingerprint density at radius 1 is 0.657 bits per heavy atom. The second-order valence-corrected chi connectivity index (χ2v) is 9.68. The summed E-state index contributed by atoms with van der Waals surface area (Å²) >= 11 is 0. The zero-order chi connectivity index (χ0) is 25.1. The molecule has 0 aliphatic rings. The zero-order valence-electron chi connectivity index (χ0n) is 19.6. The molecule has 4 aromatic carbocycles. The topological polar surface area (TPSA) is 124 Å². The van der Waals surface area contributed by atoms with Crippen LogP contribution in [0.2, 0.25) is 0 Å². The standard InChI is InChI=1S/C21H23N3O2S.C7H9N/c22-20-12-18(15-24-14-17-9-5-2-6-10-17)13-21(27(23,25)26)19(20)11-16-7-3-1-4-8-16;8-6-7-4-2-1-3-5-7/h1-10,12-13,24H,11,14-15,22H2,(H2,23,25,26);1-5H,6,8H2. The van der Waals surface area contributed by atoms with E-state index in [0.29, 0.717) is 37.3 Å². The highest BCUT2D eigenvalue weighted by molar-refractivity contribution is 7.89. The molecule has 182 valence electrons. The van der Waals surface area contributed by atoms with Crippen LogP contribution in [0.25, 0.3) is 0 Å². The molecule has 0 saturated carbocycles. The van der Waals surface area contributed by atoms with Gasteiger partial charge in [0.2, 0.25) is 10.0 Å². The number of primary sulfonamides is 1. The highest BCUT2D eigenvalue weighted by Crippen LogP contribution is 2.26. The van der Waals surface area contributed by atoms with Gasteiger partial charge in [0.25, 0.3) is 0 Å². The molecule has 35 heavy (non-hydrogen) atoms. The van der Waals surface area contributed by atoms with E-state index in [2.05, 4.69) is 5.32 Å². The monoisotopic (exact) mass is 488 g/mol. The van der Waals surface area contributed by atoms with Crippen LogP contribution in [0.1, 0.15) is 27.8 Å². The Morgan fingerprint density at radius 2 is 1.14 bits per heavy atom. The van der Waals surface area contributed by atoms with Crippen molar-refractivity contribution in [3.63, 3.8) is 0 Å². The van der Waals surface area contributed by atoms with Crippen LogP contribution in [0.4, 0.5) is 5.69 Å². The number of nitrogens with two attached hydrogens (primary N) is 3. The summed E-state index contributed by atoms with van der Waals surface area (Å²) in [6.45, 7) is 1.81. The largest absolute Gasteiger partial charge is 0.398 e. The fourth-order valence-electron chi connectivity index (χ4n) is 3.63. The molecule has 6 nitrogen and oxygen atoms in total. The van der Waals surface area contributed by atoms with Gasteiger partial charge in [-0.2, -0.15) is 0 Å². The van der Waals surface area contributed by atoms with Crippen LogP contribution in [0.15, 0.2) is 108 Å². The highest BCUT2D eigenvalue weighted by atomic mass is 32.2. The lowest BCUT2D eigenvalue weighted by Crippen LogP contribution is -2.18. The summed E-state index contributed by atoms with van der Waals surface area (Å²) in [5, 5.41) is 8.77. The van der Waals surface area contributed by atoms with E-state index in [1.807, 2.05) is 97.1 Å². The molecular weight excluding hydrogens is 456 g/mol. The predicted octanol–water partition coefficient (Wildman–Crippen LogP) is 3.94. The number of hydrogen-bond donors (Lipinski definition) is 4. The summed E-state index contributed by atoms with van der Waals surface area (Å²) in [5.41, 5.74) is 16.6. The quantitative estimate of drug-likeness (QED) is 0.280. The van der Waals surface area contributed by atoms with Crippen molar-refractivity contribution in [3.05, 3.63) is 131 Å². The minimum absolute atomic E-state index is 0.0860. The predicted molar refractivity (Wildman–Crippen MR) is 143 cm³/mol. The molecule has 7 N–H and O–H groups in total. The van der Waals surface area contributed by atoms with Crippen LogP contribution >= 0.6 is 0 Å². The normalized spacial score (nSPS) is 10.9. The Kier molecular flexibility index (Phi) is 9.57. The third-order valence-electron chi connectivity index (χ3n) is 5.41. The van der Waals surface area contributed by atoms with Gasteiger partial charge < -0.3 is 16.8 Å². The lowest BCUT2D eigenvalue weighted by molar-refractivity contribution is 0.596. The second kappa shape index (κ2) is 12.8. The van der Waals surface area contributed by atoms with Crippen LogP contribution in [0, 0.1) is 0 Å². The number of anilines is 1. The minimum Gasteiger partial charge on any atom is -0.398 e. The van der Waals surface area contributed by atoms with Gasteiger partial charge in [-0.25, -0.2) is 13.6 Å². The zero-order valence-corrected chi connectivity index (χ0v) is 20.4. The SMILES string of the molecule is NCc1ccccc1.Nc1cc(CNCc2ccccc2)cc(S(N)(=O)=O)c1Cc1ccccc1. The van der Waals surface area contributed by atoms with E-state index in [9.17, 15) is 8.42 Å². The number of sulfonamides is 1. The summed E-state index contributed by atoms with van der Waals surface area (Å²) in [5.74, 6) is 0. The molecule has 0 unspecified atom stereocenters. The minimum atomic E-state index is -3.88. The number of nitrogen functional groups attached to an aromatic ring is 1. The van der Waals surface area contributed by atoms with Gasteiger partial charge in [-0.15, -0.1) is 0 Å². The van der Waals surface area contributed by atoms with Gasteiger partial charge in [-0.3, -0.25) is 0 Å². The molecule has 0 heterocycles. The first-order chi connectivity index (χ1) is 16.9. The van der Waals surface area contributed by atoms with E-state index < -0.39 is 10.0 Å². The number of nitrogens with one attached hydrogen (secondary N) is 1.